The summed E-state index contributed by atoms with van der Waals surface area (Å²) in [6.45, 7) is 14.0. The van der Waals surface area contributed by atoms with Crippen LogP contribution in [0.25, 0.3) is 0 Å². The Morgan fingerprint density at radius 1 is 0.974 bits per heavy atom. The van der Waals surface area contributed by atoms with Gasteiger partial charge in [0.15, 0.2) is 11.7 Å². The third kappa shape index (κ3) is 5.59. The number of hydrogen-bond acceptors (Lipinski definition) is 11. The molecule has 0 radical (unpaired) electrons. The van der Waals surface area contributed by atoms with Crippen molar-refractivity contribution in [2.24, 2.45) is 17.3 Å². The Hall–Kier alpha value is -3.21. The minimum absolute atomic E-state index is 0.0167. The summed E-state index contributed by atoms with van der Waals surface area (Å²) in [5, 5.41) is 12.3. The summed E-state index contributed by atoms with van der Waals surface area (Å²) in [5.74, 6) is -5.61. The van der Waals surface area contributed by atoms with Crippen LogP contribution >= 0.6 is 0 Å². The zero-order chi connectivity index (χ0) is 29.4. The van der Waals surface area contributed by atoms with E-state index in [0.29, 0.717) is 6.42 Å². The molecule has 0 spiro atoms. The van der Waals surface area contributed by atoms with Crippen LogP contribution < -0.4 is 0 Å². The standard InChI is InChI=1S/C28H38O11/c1-13-9-10-21(36-17(5)30)27(8)22(37-18(6)31)12-20(35-16(4)29)14(2)24(27)25(38-19(7)32)28(34)15(3)26(33)39-23(28)11-13/h11,15,20-25,34H,2,9-10,12H2,1,3-8H3/b13-11-/t15-,20+,21-,22-,23-,24+,25-,27-,28-/m1/s1. The molecule has 0 aromatic carbocycles. The van der Waals surface area contributed by atoms with Crippen molar-refractivity contribution < 1.29 is 52.8 Å². The zero-order valence-electron chi connectivity index (χ0n) is 23.5. The highest BCUT2D eigenvalue weighted by atomic mass is 16.6. The third-order valence-electron chi connectivity index (χ3n) is 8.26. The second-order valence-electron chi connectivity index (χ2n) is 11.0. The molecular weight excluding hydrogens is 512 g/mol. The van der Waals surface area contributed by atoms with Gasteiger partial charge >= 0.3 is 29.8 Å². The average molecular weight is 551 g/mol. The number of ether oxygens (including phenoxy) is 5. The van der Waals surface area contributed by atoms with E-state index in [-0.39, 0.29) is 18.4 Å². The Kier molecular flexibility index (Phi) is 8.64. The molecule has 2 fully saturated rings. The Morgan fingerprint density at radius 2 is 1.51 bits per heavy atom. The van der Waals surface area contributed by atoms with Crippen molar-refractivity contribution >= 4 is 29.8 Å². The number of rotatable bonds is 4. The fourth-order valence-electron chi connectivity index (χ4n) is 6.37. The second kappa shape index (κ2) is 11.1. The highest BCUT2D eigenvalue weighted by Crippen LogP contribution is 2.56. The van der Waals surface area contributed by atoms with Gasteiger partial charge in [-0.05, 0) is 38.3 Å². The molecule has 1 saturated carbocycles. The van der Waals surface area contributed by atoms with E-state index in [1.54, 1.807) is 19.9 Å². The first-order valence-electron chi connectivity index (χ1n) is 13.0. The van der Waals surface area contributed by atoms with Crippen molar-refractivity contribution in [2.75, 3.05) is 0 Å². The molecule has 0 amide bonds. The minimum atomic E-state index is -2.10. The zero-order valence-corrected chi connectivity index (χ0v) is 23.5. The van der Waals surface area contributed by atoms with Crippen LogP contribution in [0.4, 0.5) is 0 Å². The van der Waals surface area contributed by atoms with Crippen molar-refractivity contribution in [3.63, 3.8) is 0 Å². The lowest BCUT2D eigenvalue weighted by Crippen LogP contribution is -2.67. The maximum Gasteiger partial charge on any atom is 0.312 e. The number of hydrogen-bond donors (Lipinski definition) is 1. The van der Waals surface area contributed by atoms with Gasteiger partial charge < -0.3 is 28.8 Å². The predicted molar refractivity (Wildman–Crippen MR) is 135 cm³/mol. The number of carbonyl (C=O) groups excluding carboxylic acids is 5. The van der Waals surface area contributed by atoms with Gasteiger partial charge in [-0.2, -0.15) is 0 Å². The minimum Gasteiger partial charge on any atom is -0.462 e. The molecule has 11 nitrogen and oxygen atoms in total. The Bertz CT molecular complexity index is 1090. The summed E-state index contributed by atoms with van der Waals surface area (Å²) in [6.07, 6.45) is -3.42. The third-order valence-corrected chi connectivity index (χ3v) is 8.26. The first kappa shape index (κ1) is 30.3. The lowest BCUT2D eigenvalue weighted by atomic mass is 9.54. The summed E-state index contributed by atoms with van der Waals surface area (Å²) in [5.41, 5.74) is -2.47. The molecule has 0 unspecified atom stereocenters. The Labute approximate surface area is 227 Å². The quantitative estimate of drug-likeness (QED) is 0.312. The lowest BCUT2D eigenvalue weighted by Gasteiger charge is -2.56. The van der Waals surface area contributed by atoms with Gasteiger partial charge in [0.05, 0.1) is 11.3 Å². The van der Waals surface area contributed by atoms with Gasteiger partial charge in [-0.3, -0.25) is 24.0 Å². The SMILES string of the molecule is C=C1[C@@H](OC(C)=O)C[C@@H](OC(C)=O)[C@@]2(C)[C@H](OC(C)=O)CC/C(C)=C\[C@H]3OC(=O)[C@@H](C)[C@]3(O)[C@H](OC(C)=O)[C@H]12. The maximum absolute atomic E-state index is 12.8. The van der Waals surface area contributed by atoms with Gasteiger partial charge in [-0.25, -0.2) is 0 Å². The van der Waals surface area contributed by atoms with E-state index < -0.39 is 83.2 Å². The predicted octanol–water partition coefficient (Wildman–Crippen LogP) is 2.33. The van der Waals surface area contributed by atoms with Crippen LogP contribution in [-0.2, 0) is 47.7 Å². The van der Waals surface area contributed by atoms with Crippen LogP contribution in [0.1, 0.15) is 67.7 Å². The average Bonchev–Trinajstić information content (AvgIpc) is 3.01. The number of aliphatic hydroxyl groups is 1. The molecule has 39 heavy (non-hydrogen) atoms. The van der Waals surface area contributed by atoms with Crippen LogP contribution in [0, 0.1) is 17.3 Å². The molecule has 11 heteroatoms. The number of fused-ring (bicyclic) bond motifs is 2. The molecule has 9 atom stereocenters. The highest BCUT2D eigenvalue weighted by Gasteiger charge is 2.68. The summed E-state index contributed by atoms with van der Waals surface area (Å²) >= 11 is 0. The molecule has 216 valence electrons. The van der Waals surface area contributed by atoms with Gasteiger partial charge in [-0.15, -0.1) is 0 Å². The molecule has 3 rings (SSSR count). The molecular formula is C28H38O11. The molecule has 1 saturated heterocycles. The van der Waals surface area contributed by atoms with Crippen molar-refractivity contribution in [1.82, 2.24) is 0 Å². The summed E-state index contributed by atoms with van der Waals surface area (Å²) in [7, 11) is 0. The van der Waals surface area contributed by atoms with E-state index in [1.807, 2.05) is 0 Å². The van der Waals surface area contributed by atoms with Gasteiger partial charge in [-0.1, -0.05) is 19.1 Å². The van der Waals surface area contributed by atoms with E-state index in [1.165, 1.54) is 27.7 Å². The Morgan fingerprint density at radius 3 is 2.05 bits per heavy atom. The molecule has 1 heterocycles. The van der Waals surface area contributed by atoms with E-state index in [4.69, 9.17) is 23.7 Å². The van der Waals surface area contributed by atoms with Crippen molar-refractivity contribution in [3.8, 4) is 0 Å². The molecule has 0 aromatic heterocycles. The van der Waals surface area contributed by atoms with Gasteiger partial charge in [0.25, 0.3) is 0 Å². The fraction of sp³-hybridized carbons (Fsp3) is 0.679. The van der Waals surface area contributed by atoms with Crippen molar-refractivity contribution in [1.29, 1.82) is 0 Å². The van der Waals surface area contributed by atoms with Crippen molar-refractivity contribution in [3.05, 3.63) is 23.8 Å². The monoisotopic (exact) mass is 550 g/mol. The number of esters is 5. The smallest absolute Gasteiger partial charge is 0.312 e. The second-order valence-corrected chi connectivity index (χ2v) is 11.0. The molecule has 1 aliphatic heterocycles. The van der Waals surface area contributed by atoms with E-state index in [0.717, 1.165) is 12.5 Å². The summed E-state index contributed by atoms with van der Waals surface area (Å²) in [4.78, 5) is 62.1. The number of allylic oxidation sites excluding steroid dienone is 1. The molecule has 1 N–H and O–H groups in total. The van der Waals surface area contributed by atoms with E-state index >= 15 is 0 Å². The van der Waals surface area contributed by atoms with E-state index in [2.05, 4.69) is 6.58 Å². The van der Waals surface area contributed by atoms with Crippen LogP contribution in [0.2, 0.25) is 0 Å². The maximum atomic E-state index is 12.8. The van der Waals surface area contributed by atoms with Gasteiger partial charge in [0.2, 0.25) is 0 Å². The van der Waals surface area contributed by atoms with Crippen molar-refractivity contribution in [2.45, 2.75) is 104 Å². The van der Waals surface area contributed by atoms with Crippen LogP contribution in [-0.4, -0.2) is 71.1 Å². The van der Waals surface area contributed by atoms with E-state index in [9.17, 15) is 29.1 Å². The van der Waals surface area contributed by atoms with Crippen LogP contribution in [0.5, 0.6) is 0 Å². The topological polar surface area (TPSA) is 152 Å². The number of carbonyl (C=O) groups is 5. The molecule has 3 aliphatic rings. The summed E-state index contributed by atoms with van der Waals surface area (Å²) < 4.78 is 28.6. The summed E-state index contributed by atoms with van der Waals surface area (Å²) in [6, 6.07) is 0. The molecule has 2 aliphatic carbocycles. The van der Waals surface area contributed by atoms with Crippen LogP contribution in [0.15, 0.2) is 23.8 Å². The van der Waals surface area contributed by atoms with Gasteiger partial charge in [0, 0.05) is 40.0 Å². The highest BCUT2D eigenvalue weighted by molar-refractivity contribution is 5.78. The van der Waals surface area contributed by atoms with Gasteiger partial charge in [0.1, 0.15) is 24.4 Å². The fourth-order valence-corrected chi connectivity index (χ4v) is 6.37. The first-order chi connectivity index (χ1) is 18.0. The molecule has 0 aromatic rings. The first-order valence-corrected chi connectivity index (χ1v) is 13.0. The molecule has 0 bridgehead atoms. The largest absolute Gasteiger partial charge is 0.462 e. The van der Waals surface area contributed by atoms with Crippen LogP contribution in [0.3, 0.4) is 0 Å². The Balaban J connectivity index is 2.40. The lowest BCUT2D eigenvalue weighted by molar-refractivity contribution is -0.226. The normalized spacial score (nSPS) is 39.6.